The molecule has 0 saturated carbocycles. The molecule has 0 fully saturated rings. The van der Waals surface area contributed by atoms with Crippen molar-refractivity contribution in [2.75, 3.05) is 13.1 Å². The number of terminal acetylenes is 1. The summed E-state index contributed by atoms with van der Waals surface area (Å²) in [6, 6.07) is 1.52. The van der Waals surface area contributed by atoms with Crippen LogP contribution in [0.1, 0.15) is 10.4 Å². The number of carbonyl (C=O) groups excluding carboxylic acids is 1. The van der Waals surface area contributed by atoms with Gasteiger partial charge in [-0.15, -0.1) is 6.42 Å². The van der Waals surface area contributed by atoms with Crippen LogP contribution >= 0.6 is 0 Å². The van der Waals surface area contributed by atoms with Gasteiger partial charge in [-0.3, -0.25) is 9.35 Å². The van der Waals surface area contributed by atoms with Crippen molar-refractivity contribution in [1.82, 2.24) is 15.1 Å². The minimum absolute atomic E-state index is 0.0147. The van der Waals surface area contributed by atoms with E-state index in [1.807, 2.05) is 4.72 Å². The van der Waals surface area contributed by atoms with Crippen LogP contribution in [-0.2, 0) is 16.8 Å². The van der Waals surface area contributed by atoms with Crippen LogP contribution in [0.25, 0.3) is 0 Å². The first-order valence-corrected chi connectivity index (χ1v) is 6.66. The van der Waals surface area contributed by atoms with Gasteiger partial charge in [0.15, 0.2) is 12.7 Å². The van der Waals surface area contributed by atoms with Gasteiger partial charge in [0.2, 0.25) is 0 Å². The predicted molar refractivity (Wildman–Crippen MR) is 65.1 cm³/mol. The summed E-state index contributed by atoms with van der Waals surface area (Å²) < 4.78 is 32.6. The number of hydrogen-bond acceptors (Lipinski definition) is 4. The Morgan fingerprint density at radius 2 is 2.32 bits per heavy atom. The number of nitrogens with zero attached hydrogens (tertiary/aromatic N) is 2. The van der Waals surface area contributed by atoms with E-state index in [0.717, 1.165) is 0 Å². The molecule has 19 heavy (non-hydrogen) atoms. The monoisotopic (exact) mass is 285 g/mol. The van der Waals surface area contributed by atoms with Crippen LogP contribution < -0.4 is 14.7 Å². The summed E-state index contributed by atoms with van der Waals surface area (Å²) in [5, 5.41) is 6.40. The zero-order chi connectivity index (χ0) is 14.3. The first-order valence-electron chi connectivity index (χ1n) is 5.22. The topological polar surface area (TPSA) is 112 Å². The Labute approximate surface area is 110 Å². The highest BCUT2D eigenvalue weighted by molar-refractivity contribution is 7.83. The van der Waals surface area contributed by atoms with Gasteiger partial charge in [-0.1, -0.05) is 10.6 Å². The van der Waals surface area contributed by atoms with Crippen molar-refractivity contribution in [2.45, 2.75) is 6.54 Å². The van der Waals surface area contributed by atoms with Gasteiger partial charge in [-0.05, 0) is 5.10 Å². The molecule has 0 aliphatic rings. The van der Waals surface area contributed by atoms with E-state index in [2.05, 4.69) is 16.3 Å². The van der Waals surface area contributed by atoms with Crippen LogP contribution in [0.3, 0.4) is 0 Å². The zero-order valence-corrected chi connectivity index (χ0v) is 10.7. The molecule has 0 aliphatic heterocycles. The van der Waals surface area contributed by atoms with Gasteiger partial charge in [0, 0.05) is 6.07 Å². The summed E-state index contributed by atoms with van der Waals surface area (Å²) >= 11 is 0. The van der Waals surface area contributed by atoms with Crippen LogP contribution in [0.4, 0.5) is 0 Å². The van der Waals surface area contributed by atoms with Crippen molar-refractivity contribution >= 4 is 16.2 Å². The summed E-state index contributed by atoms with van der Waals surface area (Å²) in [6.07, 6.45) is 7.85. The summed E-state index contributed by atoms with van der Waals surface area (Å²) in [7, 11) is -4.20. The molecule has 1 heterocycles. The van der Waals surface area contributed by atoms with E-state index in [-0.39, 0.29) is 25.5 Å². The lowest BCUT2D eigenvalue weighted by Crippen LogP contribution is -2.43. The Morgan fingerprint density at radius 3 is 2.84 bits per heavy atom. The van der Waals surface area contributed by atoms with E-state index < -0.39 is 10.3 Å². The molecule has 1 aromatic heterocycles. The average Bonchev–Trinajstić information content (AvgIpc) is 2.35. The number of nitrogens with one attached hydrogen (secondary N) is 2. The average molecular weight is 285 g/mol. The predicted octanol–water partition coefficient (Wildman–Crippen LogP) is -1.88. The van der Waals surface area contributed by atoms with Gasteiger partial charge in [-0.25, -0.2) is 0 Å². The largest absolute Gasteiger partial charge is 0.341 e. The van der Waals surface area contributed by atoms with Crippen LogP contribution in [0.5, 0.6) is 0 Å². The Balaban J connectivity index is 2.52. The third-order valence-corrected chi connectivity index (χ3v) is 2.58. The van der Waals surface area contributed by atoms with Gasteiger partial charge in [0.1, 0.15) is 6.20 Å². The van der Waals surface area contributed by atoms with Gasteiger partial charge in [0.25, 0.3) is 5.91 Å². The third-order valence-electron chi connectivity index (χ3n) is 2.01. The molecule has 0 aliphatic carbocycles. The number of rotatable bonds is 6. The van der Waals surface area contributed by atoms with Crippen LogP contribution in [0.2, 0.25) is 0 Å². The standard InChI is InChI=1S/C10H12N4O4S/c1-2-4-11-10(15)9-3-6-14(12-8-9)7-5-13-19(16,17)18/h1,3,6,8,13H,4-5,7H2,(H-,11,15,16,17,18)/p+1. The SMILES string of the molecule is C#CCNC(=O)c1cc[n+](CCNS(=O)(=O)O)nc1. The Hall–Kier alpha value is -2.02. The molecule has 8 nitrogen and oxygen atoms in total. The lowest BCUT2D eigenvalue weighted by atomic mass is 10.3. The van der Waals surface area contributed by atoms with Crippen LogP contribution in [0, 0.1) is 12.3 Å². The highest BCUT2D eigenvalue weighted by Gasteiger charge is 2.10. The zero-order valence-electron chi connectivity index (χ0n) is 9.91. The maximum absolute atomic E-state index is 11.5. The third kappa shape index (κ3) is 5.91. The Morgan fingerprint density at radius 1 is 1.58 bits per heavy atom. The molecule has 0 radical (unpaired) electrons. The maximum Gasteiger partial charge on any atom is 0.333 e. The molecule has 0 unspecified atom stereocenters. The maximum atomic E-state index is 11.5. The summed E-state index contributed by atoms with van der Waals surface area (Å²) in [5.41, 5.74) is 0.342. The second-order valence-electron chi connectivity index (χ2n) is 3.43. The molecular formula is C10H13N4O4S+. The van der Waals surface area contributed by atoms with Gasteiger partial charge in [0.05, 0.1) is 18.7 Å². The van der Waals surface area contributed by atoms with Crippen molar-refractivity contribution in [3.63, 3.8) is 0 Å². The summed E-state index contributed by atoms with van der Waals surface area (Å²) in [4.78, 5) is 11.5. The molecule has 0 bridgehead atoms. The molecular weight excluding hydrogens is 272 g/mol. The van der Waals surface area contributed by atoms with E-state index in [9.17, 15) is 13.2 Å². The van der Waals surface area contributed by atoms with E-state index in [1.54, 1.807) is 0 Å². The number of amides is 1. The molecule has 3 N–H and O–H groups in total. The first-order chi connectivity index (χ1) is 8.92. The summed E-state index contributed by atoms with van der Waals surface area (Å²) in [5.74, 6) is 1.94. The smallest absolute Gasteiger partial charge is 0.333 e. The molecule has 1 aromatic rings. The lowest BCUT2D eigenvalue weighted by Gasteiger charge is -2.00. The van der Waals surface area contributed by atoms with E-state index >= 15 is 0 Å². The fraction of sp³-hybridized carbons (Fsp3) is 0.300. The fourth-order valence-electron chi connectivity index (χ4n) is 1.17. The molecule has 102 valence electrons. The van der Waals surface area contributed by atoms with Crippen molar-refractivity contribution in [1.29, 1.82) is 0 Å². The van der Waals surface area contributed by atoms with Crippen molar-refractivity contribution in [3.05, 3.63) is 24.0 Å². The number of carbonyl (C=O) groups is 1. The quantitative estimate of drug-likeness (QED) is 0.322. The second kappa shape index (κ2) is 6.79. The van der Waals surface area contributed by atoms with Gasteiger partial charge >= 0.3 is 10.3 Å². The lowest BCUT2D eigenvalue weighted by molar-refractivity contribution is -0.752. The van der Waals surface area contributed by atoms with Crippen molar-refractivity contribution in [2.24, 2.45) is 0 Å². The highest BCUT2D eigenvalue weighted by Crippen LogP contribution is 1.92. The first kappa shape index (κ1) is 15.0. The minimum atomic E-state index is -4.20. The second-order valence-corrected chi connectivity index (χ2v) is 4.67. The Kier molecular flexibility index (Phi) is 5.37. The van der Waals surface area contributed by atoms with Crippen molar-refractivity contribution < 1.29 is 22.4 Å². The molecule has 0 spiro atoms. The fourth-order valence-corrected chi connectivity index (χ4v) is 1.52. The van der Waals surface area contributed by atoms with E-state index in [1.165, 1.54) is 23.1 Å². The highest BCUT2D eigenvalue weighted by atomic mass is 32.2. The molecule has 0 atom stereocenters. The van der Waals surface area contributed by atoms with E-state index in [0.29, 0.717) is 5.56 Å². The normalized spacial score (nSPS) is 10.7. The van der Waals surface area contributed by atoms with E-state index in [4.69, 9.17) is 11.0 Å². The van der Waals surface area contributed by atoms with Crippen molar-refractivity contribution in [3.8, 4) is 12.3 Å². The molecule has 0 aromatic carbocycles. The van der Waals surface area contributed by atoms with Crippen LogP contribution in [0.15, 0.2) is 18.5 Å². The number of hydrogen-bond donors (Lipinski definition) is 3. The van der Waals surface area contributed by atoms with Crippen LogP contribution in [-0.4, -0.2) is 37.1 Å². The van der Waals surface area contributed by atoms with Gasteiger partial charge < -0.3 is 5.32 Å². The molecule has 1 rings (SSSR count). The Bertz CT molecular complexity index is 577. The molecule has 0 saturated heterocycles. The summed E-state index contributed by atoms with van der Waals surface area (Å²) in [6.45, 7) is 0.331. The van der Waals surface area contributed by atoms with Gasteiger partial charge in [-0.2, -0.15) is 13.1 Å². The molecule has 9 heteroatoms. The molecule has 1 amide bonds. The minimum Gasteiger partial charge on any atom is -0.341 e. The number of aromatic nitrogens is 2.